The fourth-order valence-electron chi connectivity index (χ4n) is 2.27. The maximum absolute atomic E-state index is 11.7. The number of anilines is 2. The maximum atomic E-state index is 11.7. The van der Waals surface area contributed by atoms with Gasteiger partial charge in [-0.05, 0) is 37.6 Å². The maximum Gasteiger partial charge on any atom is 0.337 e. The van der Waals surface area contributed by atoms with E-state index in [1.807, 2.05) is 6.92 Å². The van der Waals surface area contributed by atoms with Crippen LogP contribution in [0.2, 0.25) is 5.02 Å². The van der Waals surface area contributed by atoms with E-state index in [0.717, 1.165) is 15.8 Å². The minimum atomic E-state index is -0.417. The molecule has 2 heterocycles. The zero-order chi connectivity index (χ0) is 16.6. The highest BCUT2D eigenvalue weighted by Crippen LogP contribution is 2.35. The number of methoxy groups -OCH3 is 1. The largest absolute Gasteiger partial charge is 0.465 e. The van der Waals surface area contributed by atoms with Gasteiger partial charge >= 0.3 is 5.97 Å². The van der Waals surface area contributed by atoms with E-state index in [9.17, 15) is 4.79 Å². The van der Waals surface area contributed by atoms with Crippen molar-refractivity contribution in [1.82, 2.24) is 9.97 Å². The number of carbonyl (C=O) groups is 1. The predicted molar refractivity (Wildman–Crippen MR) is 93.0 cm³/mol. The van der Waals surface area contributed by atoms with Crippen LogP contribution in [-0.2, 0) is 4.74 Å². The van der Waals surface area contributed by atoms with Gasteiger partial charge in [0, 0.05) is 4.88 Å². The number of aryl methyl sites for hydroxylation is 2. The number of thiophene rings is 1. The van der Waals surface area contributed by atoms with Gasteiger partial charge in [0.05, 0.1) is 28.8 Å². The highest BCUT2D eigenvalue weighted by atomic mass is 35.5. The molecule has 118 valence electrons. The topological polar surface area (TPSA) is 64.1 Å². The fraction of sp³-hybridized carbons (Fsp3) is 0.188. The Morgan fingerprint density at radius 1 is 1.30 bits per heavy atom. The van der Waals surface area contributed by atoms with Gasteiger partial charge in [0.2, 0.25) is 0 Å². The van der Waals surface area contributed by atoms with Crippen molar-refractivity contribution in [1.29, 1.82) is 0 Å². The van der Waals surface area contributed by atoms with Crippen LogP contribution in [-0.4, -0.2) is 23.0 Å². The lowest BCUT2D eigenvalue weighted by atomic mass is 10.2. The monoisotopic (exact) mass is 347 g/mol. The second-order valence-electron chi connectivity index (χ2n) is 5.00. The first-order valence-corrected chi connectivity index (χ1v) is 8.06. The van der Waals surface area contributed by atoms with E-state index in [1.165, 1.54) is 18.3 Å². The molecule has 0 saturated heterocycles. The Kier molecular flexibility index (Phi) is 4.19. The summed E-state index contributed by atoms with van der Waals surface area (Å²) in [5.74, 6) is 0.251. The first kappa shape index (κ1) is 15.7. The van der Waals surface area contributed by atoms with E-state index in [-0.39, 0.29) is 0 Å². The number of nitrogens with one attached hydrogen (secondary N) is 1. The molecule has 0 fully saturated rings. The molecule has 1 N–H and O–H groups in total. The molecule has 0 saturated carbocycles. The molecule has 3 aromatic rings. The molecule has 3 rings (SSSR count). The number of nitrogens with zero attached hydrogens (tertiary/aromatic N) is 2. The number of halogens is 1. The van der Waals surface area contributed by atoms with Gasteiger partial charge < -0.3 is 10.1 Å². The molecule has 0 unspecified atom stereocenters. The van der Waals surface area contributed by atoms with E-state index in [2.05, 4.69) is 22.2 Å². The first-order valence-electron chi connectivity index (χ1n) is 6.87. The van der Waals surface area contributed by atoms with Crippen molar-refractivity contribution in [3.63, 3.8) is 0 Å². The summed E-state index contributed by atoms with van der Waals surface area (Å²) in [5, 5.41) is 4.67. The number of esters is 1. The number of ether oxygens (including phenoxy) is 1. The summed E-state index contributed by atoms with van der Waals surface area (Å²) in [6.45, 7) is 4.09. The van der Waals surface area contributed by atoms with Gasteiger partial charge in [0.1, 0.15) is 17.0 Å². The van der Waals surface area contributed by atoms with Crippen molar-refractivity contribution in [2.45, 2.75) is 13.8 Å². The third-order valence-corrected chi connectivity index (χ3v) is 5.05. The zero-order valence-corrected chi connectivity index (χ0v) is 14.4. The van der Waals surface area contributed by atoms with Crippen LogP contribution in [0, 0.1) is 13.8 Å². The lowest BCUT2D eigenvalue weighted by molar-refractivity contribution is 0.0601. The molecule has 0 aliphatic rings. The average molecular weight is 348 g/mol. The number of carbonyl (C=O) groups excluding carboxylic acids is 1. The normalized spacial score (nSPS) is 10.8. The Hall–Kier alpha value is -2.18. The molecule has 0 spiro atoms. The molecular formula is C16H14ClN3O2S. The van der Waals surface area contributed by atoms with Crippen LogP contribution in [0.5, 0.6) is 0 Å². The number of rotatable bonds is 3. The molecule has 0 atom stereocenters. The number of aromatic nitrogens is 2. The molecular weight excluding hydrogens is 334 g/mol. The van der Waals surface area contributed by atoms with Gasteiger partial charge in [-0.25, -0.2) is 14.8 Å². The summed E-state index contributed by atoms with van der Waals surface area (Å²) >= 11 is 7.86. The Morgan fingerprint density at radius 3 is 2.83 bits per heavy atom. The lowest BCUT2D eigenvalue weighted by Gasteiger charge is -2.10. The molecule has 0 radical (unpaired) electrons. The van der Waals surface area contributed by atoms with Crippen LogP contribution in [0.4, 0.5) is 11.5 Å². The van der Waals surface area contributed by atoms with Crippen LogP contribution in [0.25, 0.3) is 10.2 Å². The molecule has 23 heavy (non-hydrogen) atoms. The van der Waals surface area contributed by atoms with Gasteiger partial charge in [-0.1, -0.05) is 11.6 Å². The van der Waals surface area contributed by atoms with E-state index < -0.39 is 5.97 Å². The number of hydrogen-bond acceptors (Lipinski definition) is 6. The van der Waals surface area contributed by atoms with Crippen LogP contribution in [0.1, 0.15) is 20.8 Å². The van der Waals surface area contributed by atoms with Crippen LogP contribution < -0.4 is 5.32 Å². The lowest BCUT2D eigenvalue weighted by Crippen LogP contribution is -2.03. The van der Waals surface area contributed by atoms with Crippen LogP contribution >= 0.6 is 22.9 Å². The van der Waals surface area contributed by atoms with E-state index in [0.29, 0.717) is 22.1 Å². The highest BCUT2D eigenvalue weighted by molar-refractivity contribution is 7.18. The Labute approximate surface area is 142 Å². The third kappa shape index (κ3) is 2.87. The number of hydrogen-bond donors (Lipinski definition) is 1. The summed E-state index contributed by atoms with van der Waals surface area (Å²) < 4.78 is 4.74. The minimum Gasteiger partial charge on any atom is -0.465 e. The highest BCUT2D eigenvalue weighted by Gasteiger charge is 2.14. The third-order valence-electron chi connectivity index (χ3n) is 3.61. The van der Waals surface area contributed by atoms with Gasteiger partial charge in [0.15, 0.2) is 0 Å². The number of benzene rings is 1. The summed E-state index contributed by atoms with van der Waals surface area (Å²) in [6, 6.07) is 4.92. The standard InChI is InChI=1S/C16H14ClN3O2S/c1-8-9(2)23-15-13(8)14(18-7-19-15)20-12-6-10(16(21)22-3)4-5-11(12)17/h4-7H,1-3H3,(H,18,19,20). The SMILES string of the molecule is COC(=O)c1ccc(Cl)c(Nc2ncnc3sc(C)c(C)c23)c1. The van der Waals surface area contributed by atoms with Gasteiger partial charge in [-0.2, -0.15) is 0 Å². The van der Waals surface area contributed by atoms with Gasteiger partial charge in [-0.3, -0.25) is 0 Å². The summed E-state index contributed by atoms with van der Waals surface area (Å²) in [4.78, 5) is 22.4. The summed E-state index contributed by atoms with van der Waals surface area (Å²) in [5.41, 5.74) is 2.15. The first-order chi connectivity index (χ1) is 11.0. The minimum absolute atomic E-state index is 0.417. The van der Waals surface area contributed by atoms with E-state index in [4.69, 9.17) is 16.3 Å². The Bertz CT molecular complexity index is 908. The molecule has 7 heteroatoms. The molecule has 1 aromatic carbocycles. The molecule has 0 aliphatic heterocycles. The van der Waals surface area contributed by atoms with Crippen molar-refractivity contribution in [2.24, 2.45) is 0 Å². The van der Waals surface area contributed by atoms with Crippen LogP contribution in [0.15, 0.2) is 24.5 Å². The molecule has 0 aliphatic carbocycles. The number of fused-ring (bicyclic) bond motifs is 1. The summed E-state index contributed by atoms with van der Waals surface area (Å²) in [6.07, 6.45) is 1.51. The predicted octanol–water partition coefficient (Wildman–Crippen LogP) is 4.49. The van der Waals surface area contributed by atoms with E-state index >= 15 is 0 Å². The van der Waals surface area contributed by atoms with Gasteiger partial charge in [0.25, 0.3) is 0 Å². The molecule has 0 amide bonds. The smallest absolute Gasteiger partial charge is 0.337 e. The Morgan fingerprint density at radius 2 is 2.09 bits per heavy atom. The second-order valence-corrected chi connectivity index (χ2v) is 6.61. The molecule has 5 nitrogen and oxygen atoms in total. The molecule has 0 bridgehead atoms. The fourth-order valence-corrected chi connectivity index (χ4v) is 3.43. The second kappa shape index (κ2) is 6.14. The molecule has 2 aromatic heterocycles. The average Bonchev–Trinajstić information content (AvgIpc) is 2.84. The van der Waals surface area contributed by atoms with Crippen molar-refractivity contribution in [2.75, 3.05) is 12.4 Å². The van der Waals surface area contributed by atoms with Crippen LogP contribution in [0.3, 0.4) is 0 Å². The zero-order valence-electron chi connectivity index (χ0n) is 12.8. The summed E-state index contributed by atoms with van der Waals surface area (Å²) in [7, 11) is 1.34. The van der Waals surface area contributed by atoms with Crippen molar-refractivity contribution < 1.29 is 9.53 Å². The van der Waals surface area contributed by atoms with Gasteiger partial charge in [-0.15, -0.1) is 11.3 Å². The van der Waals surface area contributed by atoms with Crippen molar-refractivity contribution >= 4 is 50.6 Å². The van der Waals surface area contributed by atoms with E-state index in [1.54, 1.807) is 29.5 Å². The quantitative estimate of drug-likeness (QED) is 0.707. The van der Waals surface area contributed by atoms with Crippen molar-refractivity contribution in [3.05, 3.63) is 45.6 Å². The van der Waals surface area contributed by atoms with Crippen molar-refractivity contribution in [3.8, 4) is 0 Å². The Balaban J connectivity index is 2.07.